The van der Waals surface area contributed by atoms with Crippen molar-refractivity contribution in [3.05, 3.63) is 18.0 Å². The number of aryl methyl sites for hydroxylation is 1. The molecule has 84 valence electrons. The van der Waals surface area contributed by atoms with Gasteiger partial charge in [0, 0.05) is 26.8 Å². The van der Waals surface area contributed by atoms with Crippen LogP contribution >= 0.6 is 0 Å². The molecule has 0 saturated heterocycles. The van der Waals surface area contributed by atoms with Crippen LogP contribution in [0.3, 0.4) is 0 Å². The fourth-order valence-corrected chi connectivity index (χ4v) is 1.38. The van der Waals surface area contributed by atoms with Gasteiger partial charge in [0.15, 0.2) is 0 Å². The molecule has 1 amide bonds. The Hall–Kier alpha value is -1.36. The average molecular weight is 210 g/mol. The molecule has 0 spiro atoms. The number of amides is 1. The van der Waals surface area contributed by atoms with E-state index >= 15 is 0 Å². The maximum absolute atomic E-state index is 11.8. The Balaban J connectivity index is 2.60. The predicted octanol–water partition coefficient (Wildman–Crippen LogP) is 0.0869. The van der Waals surface area contributed by atoms with Gasteiger partial charge in [0.25, 0.3) is 5.91 Å². The van der Waals surface area contributed by atoms with E-state index in [9.17, 15) is 4.79 Å². The summed E-state index contributed by atoms with van der Waals surface area (Å²) < 4.78 is 1.62. The number of rotatable bonds is 4. The first-order valence-corrected chi connectivity index (χ1v) is 4.98. The Labute approximate surface area is 89.9 Å². The molecule has 1 unspecified atom stereocenters. The number of nitrogens with zero attached hydrogens (tertiary/aromatic N) is 3. The Morgan fingerprint density at radius 2 is 2.40 bits per heavy atom. The molecular weight excluding hydrogens is 192 g/mol. The Morgan fingerprint density at radius 3 is 2.87 bits per heavy atom. The summed E-state index contributed by atoms with van der Waals surface area (Å²) in [5.41, 5.74) is 6.12. The van der Waals surface area contributed by atoms with E-state index in [1.807, 2.05) is 6.92 Å². The lowest BCUT2D eigenvalue weighted by atomic mass is 10.1. The third kappa shape index (κ3) is 3.06. The third-order valence-electron chi connectivity index (χ3n) is 2.29. The van der Waals surface area contributed by atoms with Gasteiger partial charge in [-0.1, -0.05) is 6.92 Å². The second-order valence-electron chi connectivity index (χ2n) is 3.93. The molecule has 2 N–H and O–H groups in total. The molecule has 1 rings (SSSR count). The van der Waals surface area contributed by atoms with Crippen LogP contribution < -0.4 is 5.73 Å². The summed E-state index contributed by atoms with van der Waals surface area (Å²) in [7, 11) is 3.57. The minimum absolute atomic E-state index is 0.0107. The third-order valence-corrected chi connectivity index (χ3v) is 2.29. The Kier molecular flexibility index (Phi) is 3.85. The molecule has 0 aliphatic heterocycles. The van der Waals surface area contributed by atoms with Crippen LogP contribution in [0.5, 0.6) is 0 Å². The SMILES string of the molecule is CC(CN)CN(C)C(=O)c1cnn(C)c1. The van der Waals surface area contributed by atoms with E-state index in [2.05, 4.69) is 5.10 Å². The van der Waals surface area contributed by atoms with Crippen LogP contribution in [0.4, 0.5) is 0 Å². The fraction of sp³-hybridized carbons (Fsp3) is 0.600. The summed E-state index contributed by atoms with van der Waals surface area (Å²) in [5, 5.41) is 3.96. The van der Waals surface area contributed by atoms with Gasteiger partial charge in [-0.25, -0.2) is 0 Å². The molecule has 0 radical (unpaired) electrons. The van der Waals surface area contributed by atoms with E-state index in [1.165, 1.54) is 0 Å². The topological polar surface area (TPSA) is 64.2 Å². The lowest BCUT2D eigenvalue weighted by molar-refractivity contribution is 0.0777. The molecule has 0 aliphatic rings. The van der Waals surface area contributed by atoms with Crippen LogP contribution in [0.15, 0.2) is 12.4 Å². The van der Waals surface area contributed by atoms with Crippen molar-refractivity contribution in [2.24, 2.45) is 18.7 Å². The molecule has 0 aliphatic carbocycles. The number of aromatic nitrogens is 2. The van der Waals surface area contributed by atoms with E-state index in [-0.39, 0.29) is 5.91 Å². The van der Waals surface area contributed by atoms with Gasteiger partial charge in [0.2, 0.25) is 0 Å². The van der Waals surface area contributed by atoms with Gasteiger partial charge in [-0.3, -0.25) is 9.48 Å². The van der Waals surface area contributed by atoms with E-state index in [4.69, 9.17) is 5.73 Å². The van der Waals surface area contributed by atoms with Crippen molar-refractivity contribution in [3.63, 3.8) is 0 Å². The van der Waals surface area contributed by atoms with Crippen molar-refractivity contribution in [1.82, 2.24) is 14.7 Å². The quantitative estimate of drug-likeness (QED) is 0.766. The molecule has 1 atom stereocenters. The van der Waals surface area contributed by atoms with Gasteiger partial charge in [-0.2, -0.15) is 5.10 Å². The smallest absolute Gasteiger partial charge is 0.256 e. The van der Waals surface area contributed by atoms with Crippen molar-refractivity contribution >= 4 is 5.91 Å². The summed E-state index contributed by atoms with van der Waals surface area (Å²) >= 11 is 0. The van der Waals surface area contributed by atoms with E-state index < -0.39 is 0 Å². The number of carbonyl (C=O) groups excluding carboxylic acids is 1. The summed E-state index contributed by atoms with van der Waals surface area (Å²) in [4.78, 5) is 13.5. The summed E-state index contributed by atoms with van der Waals surface area (Å²) in [6.45, 7) is 3.28. The van der Waals surface area contributed by atoms with Crippen LogP contribution in [0.1, 0.15) is 17.3 Å². The zero-order valence-corrected chi connectivity index (χ0v) is 9.47. The first-order valence-electron chi connectivity index (χ1n) is 4.98. The van der Waals surface area contributed by atoms with Gasteiger partial charge in [-0.05, 0) is 12.5 Å². The number of nitrogens with two attached hydrogens (primary N) is 1. The van der Waals surface area contributed by atoms with E-state index in [0.717, 1.165) is 0 Å². The van der Waals surface area contributed by atoms with Gasteiger partial charge < -0.3 is 10.6 Å². The highest BCUT2D eigenvalue weighted by molar-refractivity contribution is 5.93. The van der Waals surface area contributed by atoms with Crippen molar-refractivity contribution in [2.45, 2.75) is 6.92 Å². The van der Waals surface area contributed by atoms with Gasteiger partial charge >= 0.3 is 0 Å². The van der Waals surface area contributed by atoms with Crippen LogP contribution in [0.2, 0.25) is 0 Å². The zero-order valence-electron chi connectivity index (χ0n) is 9.47. The fourth-order valence-electron chi connectivity index (χ4n) is 1.38. The minimum Gasteiger partial charge on any atom is -0.341 e. The van der Waals surface area contributed by atoms with Crippen LogP contribution in [0.25, 0.3) is 0 Å². The van der Waals surface area contributed by atoms with Crippen molar-refractivity contribution in [3.8, 4) is 0 Å². The van der Waals surface area contributed by atoms with E-state index in [0.29, 0.717) is 24.6 Å². The molecule has 1 heterocycles. The zero-order chi connectivity index (χ0) is 11.4. The van der Waals surface area contributed by atoms with Crippen molar-refractivity contribution in [1.29, 1.82) is 0 Å². The first kappa shape index (κ1) is 11.7. The molecule has 0 saturated carbocycles. The highest BCUT2D eigenvalue weighted by atomic mass is 16.2. The maximum Gasteiger partial charge on any atom is 0.256 e. The van der Waals surface area contributed by atoms with Crippen LogP contribution in [0, 0.1) is 5.92 Å². The minimum atomic E-state index is -0.0107. The summed E-state index contributed by atoms with van der Waals surface area (Å²) in [6.07, 6.45) is 3.29. The molecule has 0 fully saturated rings. The average Bonchev–Trinajstić information content (AvgIpc) is 2.63. The standard InChI is InChI=1S/C10H18N4O/c1-8(4-11)6-13(2)10(15)9-5-12-14(3)7-9/h5,7-8H,4,6,11H2,1-3H3. The Bertz CT molecular complexity index is 334. The van der Waals surface area contributed by atoms with Gasteiger partial charge in [-0.15, -0.1) is 0 Å². The second kappa shape index (κ2) is 4.93. The first-order chi connectivity index (χ1) is 7.04. The van der Waals surface area contributed by atoms with Gasteiger partial charge in [0.05, 0.1) is 11.8 Å². The predicted molar refractivity (Wildman–Crippen MR) is 58.4 cm³/mol. The number of hydrogen-bond acceptors (Lipinski definition) is 3. The van der Waals surface area contributed by atoms with Crippen molar-refractivity contribution in [2.75, 3.05) is 20.1 Å². The highest BCUT2D eigenvalue weighted by Gasteiger charge is 2.14. The largest absolute Gasteiger partial charge is 0.341 e. The Morgan fingerprint density at radius 1 is 1.73 bits per heavy atom. The number of carbonyl (C=O) groups is 1. The molecule has 1 aromatic rings. The molecule has 5 heteroatoms. The van der Waals surface area contributed by atoms with E-state index in [1.54, 1.807) is 36.1 Å². The normalized spacial score (nSPS) is 12.5. The molecule has 15 heavy (non-hydrogen) atoms. The summed E-state index contributed by atoms with van der Waals surface area (Å²) in [5.74, 6) is 0.305. The molecule has 0 bridgehead atoms. The maximum atomic E-state index is 11.8. The molecule has 5 nitrogen and oxygen atoms in total. The highest BCUT2D eigenvalue weighted by Crippen LogP contribution is 2.04. The van der Waals surface area contributed by atoms with Crippen molar-refractivity contribution < 1.29 is 4.79 Å². The van der Waals surface area contributed by atoms with Gasteiger partial charge in [0.1, 0.15) is 0 Å². The molecule has 0 aromatic carbocycles. The molecule has 1 aromatic heterocycles. The van der Waals surface area contributed by atoms with Crippen LogP contribution in [-0.2, 0) is 7.05 Å². The summed E-state index contributed by atoms with van der Waals surface area (Å²) in [6, 6.07) is 0. The molecular formula is C10H18N4O. The second-order valence-corrected chi connectivity index (χ2v) is 3.93. The monoisotopic (exact) mass is 210 g/mol. The lowest BCUT2D eigenvalue weighted by Crippen LogP contribution is -2.33. The lowest BCUT2D eigenvalue weighted by Gasteiger charge is -2.19. The van der Waals surface area contributed by atoms with Crippen LogP contribution in [-0.4, -0.2) is 40.7 Å². The number of hydrogen-bond donors (Lipinski definition) is 1.